The Morgan fingerprint density at radius 1 is 0.818 bits per heavy atom. The normalized spacial score (nSPS) is 10.4. The number of nitro benzene ring substituents is 2. The number of carbonyl (C=O) groups is 2. The fourth-order valence-electron chi connectivity index (χ4n) is 2.72. The number of ether oxygens (including phenoxy) is 4. The van der Waals surface area contributed by atoms with Crippen molar-refractivity contribution in [2.45, 2.75) is 19.6 Å². The smallest absolute Gasteiger partial charge is 0.342 e. The third-order valence-corrected chi connectivity index (χ3v) is 4.27. The first-order chi connectivity index (χ1) is 15.5. The van der Waals surface area contributed by atoms with Crippen LogP contribution >= 0.6 is 0 Å². The van der Waals surface area contributed by atoms with Gasteiger partial charge in [-0.1, -0.05) is 6.92 Å². The van der Waals surface area contributed by atoms with Crippen LogP contribution < -0.4 is 18.9 Å². The van der Waals surface area contributed by atoms with E-state index in [1.165, 1.54) is 14.2 Å². The maximum Gasteiger partial charge on any atom is 0.342 e. The monoisotopic (exact) mass is 466 g/mol. The minimum Gasteiger partial charge on any atom is -0.493 e. The van der Waals surface area contributed by atoms with Crippen LogP contribution in [0.4, 0.5) is 11.4 Å². The molecule has 176 valence electrons. The van der Waals surface area contributed by atoms with Gasteiger partial charge in [0.15, 0.2) is 23.0 Å². The molecule has 0 bridgehead atoms. The molecular formula is C19H18N2O12. The zero-order chi connectivity index (χ0) is 24.9. The molecule has 14 heteroatoms. The molecule has 0 aliphatic heterocycles. The van der Waals surface area contributed by atoms with Gasteiger partial charge in [-0.25, -0.2) is 9.59 Å². The highest BCUT2D eigenvalue weighted by molar-refractivity contribution is 5.94. The van der Waals surface area contributed by atoms with E-state index in [9.17, 15) is 40.0 Å². The molecule has 0 heterocycles. The average Bonchev–Trinajstić information content (AvgIpc) is 2.77. The first-order valence-electron chi connectivity index (χ1n) is 9.06. The molecule has 0 fully saturated rings. The summed E-state index contributed by atoms with van der Waals surface area (Å²) in [6.45, 7) is 1.60. The van der Waals surface area contributed by atoms with E-state index in [4.69, 9.17) is 18.9 Å². The number of carboxylic acid groups (broad SMARTS) is 2. The van der Waals surface area contributed by atoms with Crippen LogP contribution in [0.1, 0.15) is 34.1 Å². The van der Waals surface area contributed by atoms with Crippen LogP contribution in [0.15, 0.2) is 24.3 Å². The lowest BCUT2D eigenvalue weighted by Gasteiger charge is -2.22. The molecule has 0 unspecified atom stereocenters. The molecule has 2 aromatic carbocycles. The number of carboxylic acids is 2. The molecule has 0 aliphatic carbocycles. The quantitative estimate of drug-likeness (QED) is 0.279. The second-order valence-corrected chi connectivity index (χ2v) is 6.24. The number of nitro groups is 2. The summed E-state index contributed by atoms with van der Waals surface area (Å²) in [5.74, 6) is -3.83. The number of hydrogen-bond acceptors (Lipinski definition) is 10. The van der Waals surface area contributed by atoms with Gasteiger partial charge in [0, 0.05) is 18.6 Å². The minimum absolute atomic E-state index is 0.106. The predicted molar refractivity (Wildman–Crippen MR) is 109 cm³/mol. The number of hydrogen-bond donors (Lipinski definition) is 2. The van der Waals surface area contributed by atoms with Gasteiger partial charge in [-0.15, -0.1) is 0 Å². The molecule has 0 atom stereocenters. The second kappa shape index (κ2) is 10.1. The molecular weight excluding hydrogens is 448 g/mol. The summed E-state index contributed by atoms with van der Waals surface area (Å²) < 4.78 is 21.3. The molecule has 0 aromatic heterocycles. The zero-order valence-electron chi connectivity index (χ0n) is 17.5. The van der Waals surface area contributed by atoms with Gasteiger partial charge in [-0.05, 0) is 0 Å². The van der Waals surface area contributed by atoms with Gasteiger partial charge < -0.3 is 29.2 Å². The van der Waals surface area contributed by atoms with Crippen molar-refractivity contribution in [3.8, 4) is 23.0 Å². The standard InChI is InChI=1S/C19H18N2O12/c1-4-17(32-15-7-11(20(26)27)9(18(22)23)5-13(15)30-2)33-16-8-12(21(28)29)10(19(24)25)6-14(16)31-3/h5-8,17H,4H2,1-3H3,(H,22,23)(H,24,25). The van der Waals surface area contributed by atoms with Gasteiger partial charge in [-0.2, -0.15) is 0 Å². The fourth-order valence-corrected chi connectivity index (χ4v) is 2.72. The Hall–Kier alpha value is -4.62. The van der Waals surface area contributed by atoms with E-state index in [1.807, 2.05) is 0 Å². The minimum atomic E-state index is -1.55. The van der Waals surface area contributed by atoms with Crippen molar-refractivity contribution in [2.75, 3.05) is 14.2 Å². The molecule has 0 amide bonds. The van der Waals surface area contributed by atoms with Gasteiger partial charge in [0.05, 0.1) is 36.2 Å². The highest BCUT2D eigenvalue weighted by Crippen LogP contribution is 2.38. The Balaban J connectivity index is 2.49. The van der Waals surface area contributed by atoms with Gasteiger partial charge in [0.25, 0.3) is 11.4 Å². The highest BCUT2D eigenvalue weighted by Gasteiger charge is 2.28. The van der Waals surface area contributed by atoms with Gasteiger partial charge in [0.2, 0.25) is 6.29 Å². The highest BCUT2D eigenvalue weighted by atomic mass is 16.7. The molecule has 2 aromatic rings. The van der Waals surface area contributed by atoms with Crippen molar-refractivity contribution in [1.82, 2.24) is 0 Å². The number of aromatic carboxylic acids is 2. The molecule has 0 saturated carbocycles. The lowest BCUT2D eigenvalue weighted by atomic mass is 10.1. The van der Waals surface area contributed by atoms with Gasteiger partial charge in [0.1, 0.15) is 11.1 Å². The summed E-state index contributed by atoms with van der Waals surface area (Å²) >= 11 is 0. The van der Waals surface area contributed by atoms with Crippen molar-refractivity contribution in [3.05, 3.63) is 55.6 Å². The van der Waals surface area contributed by atoms with E-state index in [0.29, 0.717) is 0 Å². The van der Waals surface area contributed by atoms with Crippen molar-refractivity contribution < 1.29 is 48.6 Å². The zero-order valence-corrected chi connectivity index (χ0v) is 17.5. The molecule has 2 rings (SSSR count). The lowest BCUT2D eigenvalue weighted by Crippen LogP contribution is -2.24. The lowest BCUT2D eigenvalue weighted by molar-refractivity contribution is -0.385. The molecule has 33 heavy (non-hydrogen) atoms. The SMILES string of the molecule is CCC(Oc1cc([N+](=O)[O-])c(C(=O)O)cc1OC)Oc1cc([N+](=O)[O-])c(C(=O)O)cc1OC. The maximum atomic E-state index is 11.3. The van der Waals surface area contributed by atoms with Crippen LogP contribution in [-0.4, -0.2) is 52.5 Å². The molecule has 0 radical (unpaired) electrons. The Kier molecular flexibility index (Phi) is 7.56. The second-order valence-electron chi connectivity index (χ2n) is 6.24. The third kappa shape index (κ3) is 5.36. The Morgan fingerprint density at radius 2 is 1.18 bits per heavy atom. The average molecular weight is 466 g/mol. The van der Waals surface area contributed by atoms with E-state index in [-0.39, 0.29) is 29.4 Å². The molecule has 0 saturated heterocycles. The Bertz CT molecular complexity index is 1030. The van der Waals surface area contributed by atoms with Crippen LogP contribution in [0, 0.1) is 20.2 Å². The van der Waals surface area contributed by atoms with E-state index in [0.717, 1.165) is 24.3 Å². The predicted octanol–water partition coefficient (Wildman–Crippen LogP) is 3.11. The van der Waals surface area contributed by atoms with E-state index >= 15 is 0 Å². The van der Waals surface area contributed by atoms with E-state index in [1.54, 1.807) is 6.92 Å². The van der Waals surface area contributed by atoms with Crippen molar-refractivity contribution >= 4 is 23.3 Å². The summed E-state index contributed by atoms with van der Waals surface area (Å²) in [4.78, 5) is 43.4. The van der Waals surface area contributed by atoms with Crippen molar-refractivity contribution in [3.63, 3.8) is 0 Å². The Morgan fingerprint density at radius 3 is 1.42 bits per heavy atom. The summed E-state index contributed by atoms with van der Waals surface area (Å²) in [6.07, 6.45) is -1.10. The van der Waals surface area contributed by atoms with Gasteiger partial charge >= 0.3 is 11.9 Å². The van der Waals surface area contributed by atoms with Crippen LogP contribution in [0.25, 0.3) is 0 Å². The molecule has 14 nitrogen and oxygen atoms in total. The molecule has 2 N–H and O–H groups in total. The van der Waals surface area contributed by atoms with E-state index in [2.05, 4.69) is 0 Å². The fraction of sp³-hybridized carbons (Fsp3) is 0.263. The molecule has 0 aliphatic rings. The first kappa shape index (κ1) is 24.6. The Labute approximate surface area is 185 Å². The van der Waals surface area contributed by atoms with Crippen molar-refractivity contribution in [2.24, 2.45) is 0 Å². The largest absolute Gasteiger partial charge is 0.493 e. The third-order valence-electron chi connectivity index (χ3n) is 4.27. The summed E-state index contributed by atoms with van der Waals surface area (Å²) in [7, 11) is 2.39. The summed E-state index contributed by atoms with van der Waals surface area (Å²) in [5.41, 5.74) is -2.76. The maximum absolute atomic E-state index is 11.3. The van der Waals surface area contributed by atoms with Crippen LogP contribution in [0.5, 0.6) is 23.0 Å². The van der Waals surface area contributed by atoms with Crippen molar-refractivity contribution in [1.29, 1.82) is 0 Å². The number of nitrogens with zero attached hydrogens (tertiary/aromatic N) is 2. The number of methoxy groups -OCH3 is 2. The van der Waals surface area contributed by atoms with Crippen LogP contribution in [0.3, 0.4) is 0 Å². The topological polar surface area (TPSA) is 198 Å². The van der Waals surface area contributed by atoms with Crippen LogP contribution in [-0.2, 0) is 0 Å². The summed E-state index contributed by atoms with van der Waals surface area (Å²) in [6, 6.07) is 3.52. The van der Waals surface area contributed by atoms with E-state index < -0.39 is 50.6 Å². The van der Waals surface area contributed by atoms with Crippen LogP contribution in [0.2, 0.25) is 0 Å². The molecule has 0 spiro atoms. The van der Waals surface area contributed by atoms with Gasteiger partial charge in [-0.3, -0.25) is 20.2 Å². The number of benzene rings is 2. The number of rotatable bonds is 11. The first-order valence-corrected chi connectivity index (χ1v) is 9.06. The summed E-state index contributed by atoms with van der Waals surface area (Å²) in [5, 5.41) is 41.0.